The van der Waals surface area contributed by atoms with Gasteiger partial charge in [0, 0.05) is 12.8 Å². The fourth-order valence-corrected chi connectivity index (χ4v) is 0.574. The van der Waals surface area contributed by atoms with Crippen LogP contribution in [0.4, 0.5) is 0 Å². The molecule has 0 aromatic rings. The molecule has 0 radical (unpaired) electrons. The first-order valence-electron chi connectivity index (χ1n) is 2.44. The van der Waals surface area contributed by atoms with Crippen LogP contribution in [0.3, 0.4) is 0 Å². The van der Waals surface area contributed by atoms with Crippen LogP contribution >= 0.6 is 11.8 Å². The number of hydrogen-bond acceptors (Lipinski definition) is 2. The van der Waals surface area contributed by atoms with Gasteiger partial charge in [-0.15, -0.1) is 11.8 Å². The van der Waals surface area contributed by atoms with Gasteiger partial charge in [-0.1, -0.05) is 0 Å². The molecule has 0 aliphatic heterocycles. The third-order valence-corrected chi connectivity index (χ3v) is 1.21. The Morgan fingerprint density at radius 3 is 2.62 bits per heavy atom. The molecule has 0 aliphatic rings. The van der Waals surface area contributed by atoms with E-state index in [0.717, 1.165) is 5.71 Å². The minimum absolute atomic E-state index is 1.07. The van der Waals surface area contributed by atoms with Crippen LogP contribution in [-0.4, -0.2) is 19.0 Å². The summed E-state index contributed by atoms with van der Waals surface area (Å²) in [6, 6.07) is 0. The van der Waals surface area contributed by atoms with Crippen molar-refractivity contribution in [2.45, 2.75) is 6.92 Å². The second-order valence-corrected chi connectivity index (χ2v) is 2.15. The number of rotatable bonds is 2. The molecule has 2 heteroatoms. The first-order valence-corrected chi connectivity index (χ1v) is 3.72. The predicted octanol–water partition coefficient (Wildman–Crippen LogP) is 1.95. The summed E-state index contributed by atoms with van der Waals surface area (Å²) in [6.45, 7) is 1.98. The molecule has 0 spiro atoms. The van der Waals surface area contributed by atoms with Crippen molar-refractivity contribution in [3.05, 3.63) is 11.5 Å². The van der Waals surface area contributed by atoms with Crippen molar-refractivity contribution in [3.63, 3.8) is 0 Å². The van der Waals surface area contributed by atoms with Gasteiger partial charge in [0.1, 0.15) is 0 Å². The van der Waals surface area contributed by atoms with Crippen LogP contribution in [0.5, 0.6) is 0 Å². The lowest BCUT2D eigenvalue weighted by atomic mass is 10.4. The fourth-order valence-electron chi connectivity index (χ4n) is 0.241. The SMILES string of the molecule is C/N=C(C)/C=C\SC. The minimum Gasteiger partial charge on any atom is -0.293 e. The predicted molar refractivity (Wildman–Crippen MR) is 41.7 cm³/mol. The molecule has 0 aromatic heterocycles. The molecular weight excluding hydrogens is 118 g/mol. The standard InChI is InChI=1S/C6H11NS/c1-6(7-2)4-5-8-3/h4-5H,1-3H3/b5-4-,7-6+. The highest BCUT2D eigenvalue weighted by Crippen LogP contribution is 1.92. The van der Waals surface area contributed by atoms with Gasteiger partial charge in [0.15, 0.2) is 0 Å². The molecule has 0 saturated carbocycles. The van der Waals surface area contributed by atoms with Gasteiger partial charge in [0.2, 0.25) is 0 Å². The summed E-state index contributed by atoms with van der Waals surface area (Å²) in [5.41, 5.74) is 1.07. The molecule has 46 valence electrons. The highest BCUT2D eigenvalue weighted by molar-refractivity contribution is 8.01. The van der Waals surface area contributed by atoms with Crippen LogP contribution in [-0.2, 0) is 0 Å². The first kappa shape index (κ1) is 7.76. The normalized spacial score (nSPS) is 13.1. The lowest BCUT2D eigenvalue weighted by Crippen LogP contribution is -1.79. The van der Waals surface area contributed by atoms with Gasteiger partial charge in [0.05, 0.1) is 0 Å². The summed E-state index contributed by atoms with van der Waals surface area (Å²) in [7, 11) is 1.79. The second-order valence-electron chi connectivity index (χ2n) is 1.40. The Morgan fingerprint density at radius 2 is 2.25 bits per heavy atom. The van der Waals surface area contributed by atoms with Crippen LogP contribution < -0.4 is 0 Å². The first-order chi connectivity index (χ1) is 3.81. The molecule has 0 aliphatic carbocycles. The lowest BCUT2D eigenvalue weighted by molar-refractivity contribution is 1.43. The van der Waals surface area contributed by atoms with E-state index in [1.54, 1.807) is 18.8 Å². The van der Waals surface area contributed by atoms with Gasteiger partial charge in [-0.05, 0) is 24.7 Å². The molecular formula is C6H11NS. The number of aliphatic imine (C=N–C) groups is 1. The van der Waals surface area contributed by atoms with Crippen molar-refractivity contribution < 1.29 is 0 Å². The van der Waals surface area contributed by atoms with E-state index in [-0.39, 0.29) is 0 Å². The smallest absolute Gasteiger partial charge is 0.0318 e. The maximum atomic E-state index is 3.94. The van der Waals surface area contributed by atoms with Crippen molar-refractivity contribution in [3.8, 4) is 0 Å². The van der Waals surface area contributed by atoms with E-state index in [0.29, 0.717) is 0 Å². The monoisotopic (exact) mass is 129 g/mol. The van der Waals surface area contributed by atoms with Crippen molar-refractivity contribution in [1.82, 2.24) is 0 Å². The van der Waals surface area contributed by atoms with Gasteiger partial charge in [-0.2, -0.15) is 0 Å². The van der Waals surface area contributed by atoms with Crippen LogP contribution in [0.1, 0.15) is 6.92 Å². The van der Waals surface area contributed by atoms with E-state index in [4.69, 9.17) is 0 Å². The van der Waals surface area contributed by atoms with E-state index < -0.39 is 0 Å². The average Bonchev–Trinajstić information content (AvgIpc) is 1.83. The minimum atomic E-state index is 1.07. The number of thioether (sulfide) groups is 1. The summed E-state index contributed by atoms with van der Waals surface area (Å²) in [6.07, 6.45) is 4.02. The van der Waals surface area contributed by atoms with E-state index >= 15 is 0 Å². The average molecular weight is 129 g/mol. The quantitative estimate of drug-likeness (QED) is 0.519. The third-order valence-electron chi connectivity index (χ3n) is 0.798. The summed E-state index contributed by atoms with van der Waals surface area (Å²) < 4.78 is 0. The zero-order valence-electron chi connectivity index (χ0n) is 5.51. The highest BCUT2D eigenvalue weighted by atomic mass is 32.2. The molecule has 0 unspecified atom stereocenters. The molecule has 0 saturated heterocycles. The number of allylic oxidation sites excluding steroid dienone is 1. The van der Waals surface area contributed by atoms with E-state index in [2.05, 4.69) is 4.99 Å². The molecule has 0 atom stereocenters. The van der Waals surface area contributed by atoms with Crippen molar-refractivity contribution in [2.75, 3.05) is 13.3 Å². The van der Waals surface area contributed by atoms with Gasteiger partial charge in [-0.25, -0.2) is 0 Å². The Bertz CT molecular complexity index is 105. The zero-order valence-corrected chi connectivity index (χ0v) is 6.33. The maximum Gasteiger partial charge on any atom is 0.0318 e. The van der Waals surface area contributed by atoms with Crippen molar-refractivity contribution in [1.29, 1.82) is 0 Å². The van der Waals surface area contributed by atoms with E-state index in [9.17, 15) is 0 Å². The number of hydrogen-bond donors (Lipinski definition) is 0. The van der Waals surface area contributed by atoms with Crippen LogP contribution in [0.15, 0.2) is 16.5 Å². The highest BCUT2D eigenvalue weighted by Gasteiger charge is 1.74. The third kappa shape index (κ3) is 3.93. The summed E-state index contributed by atoms with van der Waals surface area (Å²) >= 11 is 1.68. The summed E-state index contributed by atoms with van der Waals surface area (Å²) in [5.74, 6) is 0. The van der Waals surface area contributed by atoms with Crippen LogP contribution in [0.2, 0.25) is 0 Å². The van der Waals surface area contributed by atoms with Gasteiger partial charge >= 0.3 is 0 Å². The molecule has 0 bridgehead atoms. The zero-order chi connectivity index (χ0) is 6.41. The van der Waals surface area contributed by atoms with Crippen LogP contribution in [0, 0.1) is 0 Å². The number of nitrogens with zero attached hydrogens (tertiary/aromatic N) is 1. The fraction of sp³-hybridized carbons (Fsp3) is 0.500. The van der Waals surface area contributed by atoms with Gasteiger partial charge < -0.3 is 0 Å². The topological polar surface area (TPSA) is 12.4 Å². The Kier molecular flexibility index (Phi) is 4.76. The largest absolute Gasteiger partial charge is 0.293 e. The second kappa shape index (κ2) is 4.91. The Morgan fingerprint density at radius 1 is 1.62 bits per heavy atom. The Hall–Kier alpha value is -0.240. The molecule has 0 heterocycles. The van der Waals surface area contributed by atoms with E-state index in [1.165, 1.54) is 0 Å². The lowest BCUT2D eigenvalue weighted by Gasteiger charge is -1.83. The molecule has 8 heavy (non-hydrogen) atoms. The summed E-state index contributed by atoms with van der Waals surface area (Å²) in [5, 5.41) is 2.02. The maximum absolute atomic E-state index is 3.94. The summed E-state index contributed by atoms with van der Waals surface area (Å²) in [4.78, 5) is 3.94. The Labute approximate surface area is 54.9 Å². The molecule has 1 nitrogen and oxygen atoms in total. The Balaban J connectivity index is 3.53. The molecule has 0 N–H and O–H groups in total. The molecule has 0 fully saturated rings. The van der Waals surface area contributed by atoms with Crippen LogP contribution in [0.25, 0.3) is 0 Å². The van der Waals surface area contributed by atoms with Crippen molar-refractivity contribution in [2.24, 2.45) is 4.99 Å². The molecule has 0 aromatic carbocycles. The van der Waals surface area contributed by atoms with Gasteiger partial charge in [-0.3, -0.25) is 4.99 Å². The van der Waals surface area contributed by atoms with E-state index in [1.807, 2.05) is 24.7 Å². The molecule has 0 amide bonds. The molecule has 0 rings (SSSR count). The van der Waals surface area contributed by atoms with Gasteiger partial charge in [0.25, 0.3) is 0 Å². The van der Waals surface area contributed by atoms with Crippen molar-refractivity contribution >= 4 is 17.5 Å².